The molecule has 9 nitrogen and oxygen atoms in total. The number of carbonyl (C=O) groups is 1. The lowest BCUT2D eigenvalue weighted by molar-refractivity contribution is -0.384. The zero-order valence-corrected chi connectivity index (χ0v) is 17.7. The molecule has 2 aromatic rings. The SMILES string of the molecule is COc1ccc(C(=O)Nc2ccc(Cl)c([N+](=O)[O-])c2)cc1S(=O)(=O)NC(C)(C)C. The van der Waals surface area contributed by atoms with Crippen molar-refractivity contribution in [2.75, 3.05) is 12.4 Å². The second-order valence-electron chi connectivity index (χ2n) is 7.10. The number of methoxy groups -OCH3 is 1. The minimum Gasteiger partial charge on any atom is -0.495 e. The first-order valence-electron chi connectivity index (χ1n) is 8.31. The highest BCUT2D eigenvalue weighted by Crippen LogP contribution is 2.29. The number of ether oxygens (including phenoxy) is 1. The van der Waals surface area contributed by atoms with E-state index in [0.717, 1.165) is 6.07 Å². The van der Waals surface area contributed by atoms with Gasteiger partial charge in [-0.05, 0) is 51.1 Å². The van der Waals surface area contributed by atoms with Gasteiger partial charge in [0, 0.05) is 22.9 Å². The van der Waals surface area contributed by atoms with Crippen LogP contribution in [0.4, 0.5) is 11.4 Å². The number of carbonyl (C=O) groups excluding carboxylic acids is 1. The molecule has 0 bridgehead atoms. The van der Waals surface area contributed by atoms with Gasteiger partial charge in [-0.1, -0.05) is 11.6 Å². The van der Waals surface area contributed by atoms with Gasteiger partial charge in [0.15, 0.2) is 0 Å². The zero-order valence-electron chi connectivity index (χ0n) is 16.1. The van der Waals surface area contributed by atoms with Gasteiger partial charge in [-0.2, -0.15) is 0 Å². The first-order chi connectivity index (χ1) is 13.3. The van der Waals surface area contributed by atoms with E-state index in [1.165, 1.54) is 37.4 Å². The van der Waals surface area contributed by atoms with Crippen molar-refractivity contribution in [1.29, 1.82) is 0 Å². The van der Waals surface area contributed by atoms with Crippen LogP contribution in [0.2, 0.25) is 5.02 Å². The average molecular weight is 442 g/mol. The molecule has 0 saturated carbocycles. The second kappa shape index (κ2) is 8.36. The van der Waals surface area contributed by atoms with Gasteiger partial charge in [0.2, 0.25) is 10.0 Å². The molecule has 2 N–H and O–H groups in total. The summed E-state index contributed by atoms with van der Waals surface area (Å²) in [6.07, 6.45) is 0. The molecule has 0 unspecified atom stereocenters. The van der Waals surface area contributed by atoms with Crippen LogP contribution >= 0.6 is 11.6 Å². The van der Waals surface area contributed by atoms with E-state index in [1.807, 2.05) is 0 Å². The molecule has 0 aliphatic carbocycles. The molecule has 0 aromatic heterocycles. The number of rotatable bonds is 6. The van der Waals surface area contributed by atoms with Crippen LogP contribution in [-0.4, -0.2) is 31.9 Å². The summed E-state index contributed by atoms with van der Waals surface area (Å²) < 4.78 is 33.0. The number of hydrogen-bond donors (Lipinski definition) is 2. The van der Waals surface area contributed by atoms with Crippen LogP contribution < -0.4 is 14.8 Å². The fourth-order valence-corrected chi connectivity index (χ4v) is 4.22. The molecule has 11 heteroatoms. The van der Waals surface area contributed by atoms with Crippen LogP contribution in [-0.2, 0) is 10.0 Å². The number of benzene rings is 2. The smallest absolute Gasteiger partial charge is 0.289 e. The van der Waals surface area contributed by atoms with Crippen molar-refractivity contribution in [2.24, 2.45) is 0 Å². The predicted molar refractivity (Wildman–Crippen MR) is 109 cm³/mol. The fraction of sp³-hybridized carbons (Fsp3) is 0.278. The Morgan fingerprint density at radius 1 is 1.17 bits per heavy atom. The molecule has 0 spiro atoms. The summed E-state index contributed by atoms with van der Waals surface area (Å²) >= 11 is 5.76. The first-order valence-corrected chi connectivity index (χ1v) is 10.2. The van der Waals surface area contributed by atoms with E-state index in [9.17, 15) is 23.3 Å². The third kappa shape index (κ3) is 5.66. The number of sulfonamides is 1. The first kappa shape index (κ1) is 22.6. The summed E-state index contributed by atoms with van der Waals surface area (Å²) in [5.41, 5.74) is -0.946. The lowest BCUT2D eigenvalue weighted by atomic mass is 10.1. The minimum absolute atomic E-state index is 0.0256. The highest BCUT2D eigenvalue weighted by Gasteiger charge is 2.26. The van der Waals surface area contributed by atoms with Gasteiger partial charge in [-0.15, -0.1) is 0 Å². The summed E-state index contributed by atoms with van der Waals surface area (Å²) in [6, 6.07) is 7.71. The third-order valence-electron chi connectivity index (χ3n) is 3.56. The van der Waals surface area contributed by atoms with E-state index in [2.05, 4.69) is 10.0 Å². The van der Waals surface area contributed by atoms with Crippen molar-refractivity contribution in [3.05, 3.63) is 57.1 Å². The van der Waals surface area contributed by atoms with E-state index >= 15 is 0 Å². The molecule has 2 aromatic carbocycles. The molecule has 0 aliphatic rings. The predicted octanol–water partition coefficient (Wildman–Crippen LogP) is 3.59. The van der Waals surface area contributed by atoms with Crippen molar-refractivity contribution in [1.82, 2.24) is 4.72 Å². The van der Waals surface area contributed by atoms with Gasteiger partial charge in [0.05, 0.1) is 12.0 Å². The Balaban J connectivity index is 2.40. The highest BCUT2D eigenvalue weighted by atomic mass is 35.5. The van der Waals surface area contributed by atoms with Crippen molar-refractivity contribution in [3.8, 4) is 5.75 Å². The lowest BCUT2D eigenvalue weighted by Gasteiger charge is -2.21. The maximum Gasteiger partial charge on any atom is 0.289 e. The molecular weight excluding hydrogens is 422 g/mol. The van der Waals surface area contributed by atoms with Gasteiger partial charge >= 0.3 is 0 Å². The number of anilines is 1. The van der Waals surface area contributed by atoms with Crippen molar-refractivity contribution >= 4 is 38.9 Å². The van der Waals surface area contributed by atoms with Gasteiger partial charge in [-0.25, -0.2) is 13.1 Å². The Bertz CT molecular complexity index is 1060. The van der Waals surface area contributed by atoms with Crippen molar-refractivity contribution in [3.63, 3.8) is 0 Å². The Hall–Kier alpha value is -2.69. The monoisotopic (exact) mass is 441 g/mol. The molecule has 2 rings (SSSR count). The van der Waals surface area contributed by atoms with Gasteiger partial charge in [0.1, 0.15) is 15.7 Å². The maximum atomic E-state index is 12.7. The number of hydrogen-bond acceptors (Lipinski definition) is 6. The van der Waals surface area contributed by atoms with Gasteiger partial charge in [-0.3, -0.25) is 14.9 Å². The second-order valence-corrected chi connectivity index (χ2v) is 9.16. The van der Waals surface area contributed by atoms with Gasteiger partial charge < -0.3 is 10.1 Å². The Morgan fingerprint density at radius 3 is 2.38 bits per heavy atom. The van der Waals surface area contributed by atoms with Crippen molar-refractivity contribution in [2.45, 2.75) is 31.2 Å². The summed E-state index contributed by atoms with van der Waals surface area (Å²) in [5, 5.41) is 13.4. The number of nitrogens with one attached hydrogen (secondary N) is 2. The van der Waals surface area contributed by atoms with E-state index in [-0.39, 0.29) is 32.6 Å². The van der Waals surface area contributed by atoms with Crippen LogP contribution in [0, 0.1) is 10.1 Å². The standard InChI is InChI=1S/C18H20ClN3O6S/c1-18(2,3)21-29(26,27)16-9-11(5-8-15(16)28-4)17(23)20-12-6-7-13(19)14(10-12)22(24)25/h5-10,21H,1-4H3,(H,20,23). The Labute approximate surface area is 173 Å². The molecule has 0 radical (unpaired) electrons. The van der Waals surface area contributed by atoms with Crippen molar-refractivity contribution < 1.29 is 22.9 Å². The van der Waals surface area contributed by atoms with E-state index in [4.69, 9.17) is 16.3 Å². The molecular formula is C18H20ClN3O6S. The minimum atomic E-state index is -3.97. The topological polar surface area (TPSA) is 128 Å². The van der Waals surface area contributed by atoms with Crippen LogP contribution in [0.3, 0.4) is 0 Å². The number of amides is 1. The quantitative estimate of drug-likeness (QED) is 0.520. The largest absolute Gasteiger partial charge is 0.495 e. The van der Waals surface area contributed by atoms with E-state index in [0.29, 0.717) is 0 Å². The van der Waals surface area contributed by atoms with Crippen LogP contribution in [0.5, 0.6) is 5.75 Å². The lowest BCUT2D eigenvalue weighted by Crippen LogP contribution is -2.40. The summed E-state index contributed by atoms with van der Waals surface area (Å²) in [6.45, 7) is 5.04. The molecule has 0 aliphatic heterocycles. The fourth-order valence-electron chi connectivity index (χ4n) is 2.42. The molecule has 0 atom stereocenters. The van der Waals surface area contributed by atoms with Gasteiger partial charge in [0.25, 0.3) is 11.6 Å². The number of nitrogens with zero attached hydrogens (tertiary/aromatic N) is 1. The molecule has 156 valence electrons. The summed E-state index contributed by atoms with van der Waals surface area (Å²) in [4.78, 5) is 22.7. The van der Waals surface area contributed by atoms with Crippen LogP contribution in [0.25, 0.3) is 0 Å². The third-order valence-corrected chi connectivity index (χ3v) is 5.66. The van der Waals surface area contributed by atoms with Crippen LogP contribution in [0.15, 0.2) is 41.3 Å². The average Bonchev–Trinajstić information content (AvgIpc) is 2.60. The van der Waals surface area contributed by atoms with E-state index < -0.39 is 26.4 Å². The molecule has 0 heterocycles. The summed E-state index contributed by atoms with van der Waals surface area (Å²) in [7, 11) is -2.66. The Kier molecular flexibility index (Phi) is 6.51. The van der Waals surface area contributed by atoms with E-state index in [1.54, 1.807) is 20.8 Å². The maximum absolute atomic E-state index is 12.7. The normalized spacial score (nSPS) is 11.8. The highest BCUT2D eigenvalue weighted by molar-refractivity contribution is 7.89. The molecule has 0 fully saturated rings. The number of nitro benzene ring substituents is 1. The molecule has 29 heavy (non-hydrogen) atoms. The summed E-state index contributed by atoms with van der Waals surface area (Å²) in [5.74, 6) is -0.586. The Morgan fingerprint density at radius 2 is 1.83 bits per heavy atom. The van der Waals surface area contributed by atoms with Crippen LogP contribution in [0.1, 0.15) is 31.1 Å². The molecule has 0 saturated heterocycles. The zero-order chi connectivity index (χ0) is 22.0. The molecule has 1 amide bonds. The number of halogens is 1. The number of nitro groups is 1.